The summed E-state index contributed by atoms with van der Waals surface area (Å²) in [6, 6.07) is 25.9. The van der Waals surface area contributed by atoms with E-state index < -0.39 is 0 Å². The highest BCUT2D eigenvalue weighted by Crippen LogP contribution is 2.36. The van der Waals surface area contributed by atoms with E-state index in [1.165, 1.54) is 27.5 Å². The molecule has 0 spiro atoms. The van der Waals surface area contributed by atoms with Crippen LogP contribution in [0.15, 0.2) is 72.8 Å². The van der Waals surface area contributed by atoms with Crippen molar-refractivity contribution in [3.05, 3.63) is 89.5 Å². The lowest BCUT2D eigenvalue weighted by Gasteiger charge is -2.34. The first-order chi connectivity index (χ1) is 14.2. The number of hydrogen-bond acceptors (Lipinski definition) is 4. The second-order valence-corrected chi connectivity index (χ2v) is 7.74. The molecule has 4 aromatic rings. The number of likely N-dealkylation sites (N-methyl/N-ethyl adjacent to an activating group) is 1. The van der Waals surface area contributed by atoms with E-state index in [4.69, 9.17) is 5.73 Å². The topological polar surface area (TPSA) is 55.0 Å². The third-order valence-electron chi connectivity index (χ3n) is 5.96. The van der Waals surface area contributed by atoms with Crippen LogP contribution in [0.2, 0.25) is 0 Å². The molecule has 5 rings (SSSR count). The Balaban J connectivity index is 1.58. The minimum atomic E-state index is 0.370. The highest BCUT2D eigenvalue weighted by atomic mass is 15.1. The summed E-state index contributed by atoms with van der Waals surface area (Å²) in [4.78, 5) is 2.51. The molecule has 4 nitrogen and oxygen atoms in total. The van der Waals surface area contributed by atoms with Crippen molar-refractivity contribution in [3.8, 4) is 11.3 Å². The molecule has 0 unspecified atom stereocenters. The summed E-state index contributed by atoms with van der Waals surface area (Å²) in [5.74, 6) is 0.815. The molecule has 4 heteroatoms. The molecule has 1 aromatic heterocycles. The fourth-order valence-corrected chi connectivity index (χ4v) is 4.35. The number of nitrogens with zero attached hydrogens (tertiary/aromatic N) is 3. The van der Waals surface area contributed by atoms with Crippen molar-refractivity contribution in [1.82, 2.24) is 15.1 Å². The molecule has 0 radical (unpaired) electrons. The van der Waals surface area contributed by atoms with E-state index in [-0.39, 0.29) is 0 Å². The van der Waals surface area contributed by atoms with Gasteiger partial charge in [-0.05, 0) is 52.2 Å². The average molecular weight is 380 g/mol. The maximum absolute atomic E-state index is 5.69. The lowest BCUT2D eigenvalue weighted by Crippen LogP contribution is -2.33. The molecule has 1 atom stereocenters. The summed E-state index contributed by atoms with van der Waals surface area (Å²) in [6.45, 7) is 5.28. The Kier molecular flexibility index (Phi) is 4.49. The molecular weight excluding hydrogens is 356 g/mol. The molecule has 0 fully saturated rings. The van der Waals surface area contributed by atoms with Gasteiger partial charge in [0.1, 0.15) is 5.82 Å². The van der Waals surface area contributed by atoms with Crippen LogP contribution in [0.25, 0.3) is 22.0 Å². The second-order valence-electron chi connectivity index (χ2n) is 7.74. The molecule has 1 aliphatic rings. The number of anilines is 1. The van der Waals surface area contributed by atoms with E-state index in [2.05, 4.69) is 82.7 Å². The number of fused-ring (bicyclic) bond motifs is 2. The zero-order valence-electron chi connectivity index (χ0n) is 16.5. The first-order valence-corrected chi connectivity index (χ1v) is 10.1. The number of benzene rings is 3. The zero-order valence-corrected chi connectivity index (χ0v) is 16.5. The lowest BCUT2D eigenvalue weighted by molar-refractivity contribution is 0.253. The van der Waals surface area contributed by atoms with Crippen molar-refractivity contribution < 1.29 is 0 Å². The number of rotatable bonds is 3. The van der Waals surface area contributed by atoms with Gasteiger partial charge in [-0.2, -0.15) is 0 Å². The Bertz CT molecular complexity index is 1170. The van der Waals surface area contributed by atoms with Crippen LogP contribution in [0.4, 0.5) is 5.82 Å². The van der Waals surface area contributed by atoms with Gasteiger partial charge in [0.25, 0.3) is 0 Å². The van der Waals surface area contributed by atoms with E-state index in [1.54, 1.807) is 6.07 Å². The molecular formula is C25H24N4. The van der Waals surface area contributed by atoms with Crippen molar-refractivity contribution in [1.29, 1.82) is 0 Å². The largest absolute Gasteiger partial charge is 0.382 e. The van der Waals surface area contributed by atoms with E-state index in [9.17, 15) is 0 Å². The minimum absolute atomic E-state index is 0.370. The van der Waals surface area contributed by atoms with Crippen LogP contribution in [0, 0.1) is 0 Å². The molecule has 3 aromatic carbocycles. The van der Waals surface area contributed by atoms with E-state index in [0.717, 1.165) is 30.9 Å². The normalized spacial score (nSPS) is 16.7. The van der Waals surface area contributed by atoms with Gasteiger partial charge in [-0.3, -0.25) is 4.90 Å². The number of nitrogen functional groups attached to an aromatic ring is 1. The minimum Gasteiger partial charge on any atom is -0.382 e. The molecule has 0 saturated carbocycles. The molecule has 0 aliphatic carbocycles. The highest BCUT2D eigenvalue weighted by molar-refractivity contribution is 5.83. The van der Waals surface area contributed by atoms with E-state index in [0.29, 0.717) is 11.7 Å². The summed E-state index contributed by atoms with van der Waals surface area (Å²) >= 11 is 0. The van der Waals surface area contributed by atoms with E-state index >= 15 is 0 Å². The standard InChI is InChI=1S/C25H24N4/c1-2-29-15-21-14-20(24-11-12-25(26)28-27-24)9-10-22(21)23(16-29)19-8-7-17-5-3-4-6-18(17)13-19/h3-14,23H,2,15-16H2,1H3,(H2,26,28)/t23-/m0/s1. The van der Waals surface area contributed by atoms with Gasteiger partial charge in [0.05, 0.1) is 5.69 Å². The molecule has 0 amide bonds. The summed E-state index contributed by atoms with van der Waals surface area (Å²) < 4.78 is 0. The van der Waals surface area contributed by atoms with Gasteiger partial charge in [0, 0.05) is 24.6 Å². The average Bonchev–Trinajstić information content (AvgIpc) is 2.78. The Morgan fingerprint density at radius 1 is 0.931 bits per heavy atom. The van der Waals surface area contributed by atoms with Crippen LogP contribution in [-0.4, -0.2) is 28.2 Å². The molecule has 0 bridgehead atoms. The Morgan fingerprint density at radius 2 is 1.79 bits per heavy atom. The molecule has 29 heavy (non-hydrogen) atoms. The third-order valence-corrected chi connectivity index (χ3v) is 5.96. The van der Waals surface area contributed by atoms with Gasteiger partial charge < -0.3 is 5.73 Å². The maximum Gasteiger partial charge on any atom is 0.146 e. The number of nitrogens with two attached hydrogens (primary N) is 1. The Morgan fingerprint density at radius 3 is 2.59 bits per heavy atom. The number of aromatic nitrogens is 2. The van der Waals surface area contributed by atoms with Crippen LogP contribution in [0.1, 0.15) is 29.5 Å². The summed E-state index contributed by atoms with van der Waals surface area (Å²) in [6.07, 6.45) is 0. The van der Waals surface area contributed by atoms with Gasteiger partial charge in [-0.15, -0.1) is 10.2 Å². The summed E-state index contributed by atoms with van der Waals surface area (Å²) in [7, 11) is 0. The molecule has 2 N–H and O–H groups in total. The maximum atomic E-state index is 5.69. The van der Waals surface area contributed by atoms with Crippen molar-refractivity contribution in [2.24, 2.45) is 0 Å². The van der Waals surface area contributed by atoms with Crippen LogP contribution in [-0.2, 0) is 6.54 Å². The summed E-state index contributed by atoms with van der Waals surface area (Å²) in [5.41, 5.74) is 11.8. The van der Waals surface area contributed by atoms with Crippen molar-refractivity contribution in [3.63, 3.8) is 0 Å². The first-order valence-electron chi connectivity index (χ1n) is 10.1. The predicted octanol–water partition coefficient (Wildman–Crippen LogP) is 4.85. The molecule has 2 heterocycles. The number of hydrogen-bond donors (Lipinski definition) is 1. The fourth-order valence-electron chi connectivity index (χ4n) is 4.35. The molecule has 1 aliphatic heterocycles. The van der Waals surface area contributed by atoms with Crippen molar-refractivity contribution in [2.45, 2.75) is 19.4 Å². The SMILES string of the molecule is CCN1Cc2cc(-c3ccc(N)nn3)ccc2[C@H](c2ccc3ccccc3c2)C1. The molecule has 0 saturated heterocycles. The van der Waals surface area contributed by atoms with Crippen LogP contribution < -0.4 is 5.73 Å². The van der Waals surface area contributed by atoms with Crippen molar-refractivity contribution in [2.75, 3.05) is 18.8 Å². The predicted molar refractivity (Wildman–Crippen MR) is 119 cm³/mol. The van der Waals surface area contributed by atoms with Crippen LogP contribution in [0.3, 0.4) is 0 Å². The fraction of sp³-hybridized carbons (Fsp3) is 0.200. The van der Waals surface area contributed by atoms with E-state index in [1.807, 2.05) is 6.07 Å². The quantitative estimate of drug-likeness (QED) is 0.552. The van der Waals surface area contributed by atoms with Crippen LogP contribution >= 0.6 is 0 Å². The summed E-state index contributed by atoms with van der Waals surface area (Å²) in [5, 5.41) is 10.9. The Hall–Kier alpha value is -3.24. The van der Waals surface area contributed by atoms with Crippen LogP contribution in [0.5, 0.6) is 0 Å². The second kappa shape index (κ2) is 7.30. The van der Waals surface area contributed by atoms with Gasteiger partial charge in [-0.25, -0.2) is 0 Å². The highest BCUT2D eigenvalue weighted by Gasteiger charge is 2.26. The Labute approximate surface area is 171 Å². The van der Waals surface area contributed by atoms with Gasteiger partial charge in [0.15, 0.2) is 0 Å². The smallest absolute Gasteiger partial charge is 0.146 e. The van der Waals surface area contributed by atoms with Crippen molar-refractivity contribution >= 4 is 16.6 Å². The first kappa shape index (κ1) is 17.8. The third kappa shape index (κ3) is 3.36. The van der Waals surface area contributed by atoms with Gasteiger partial charge in [0.2, 0.25) is 0 Å². The zero-order chi connectivity index (χ0) is 19.8. The monoisotopic (exact) mass is 380 g/mol. The van der Waals surface area contributed by atoms with Gasteiger partial charge >= 0.3 is 0 Å². The molecule has 144 valence electrons. The van der Waals surface area contributed by atoms with Gasteiger partial charge in [-0.1, -0.05) is 61.5 Å². The lowest BCUT2D eigenvalue weighted by atomic mass is 9.83.